The Kier molecular flexibility index (Phi) is 5.45. The van der Waals surface area contributed by atoms with Crippen molar-refractivity contribution in [2.45, 2.75) is 24.8 Å². The highest BCUT2D eigenvalue weighted by Crippen LogP contribution is 2.28. The van der Waals surface area contributed by atoms with Crippen LogP contribution < -0.4 is 0 Å². The second-order valence-electron chi connectivity index (χ2n) is 4.61. The van der Waals surface area contributed by atoms with E-state index in [1.54, 1.807) is 24.3 Å². The van der Waals surface area contributed by atoms with Crippen LogP contribution in [-0.4, -0.2) is 35.6 Å². The number of halogens is 2. The van der Waals surface area contributed by atoms with Gasteiger partial charge in [0, 0.05) is 17.6 Å². The van der Waals surface area contributed by atoms with Crippen molar-refractivity contribution in [3.05, 3.63) is 34.9 Å². The van der Waals surface area contributed by atoms with E-state index in [9.17, 15) is 9.90 Å². The average molecular weight is 290 g/mol. The summed E-state index contributed by atoms with van der Waals surface area (Å²) >= 11 is 5.80. The monoisotopic (exact) mass is 289 g/mol. The molecule has 0 aliphatic heterocycles. The van der Waals surface area contributed by atoms with Crippen molar-refractivity contribution in [3.8, 4) is 0 Å². The van der Waals surface area contributed by atoms with E-state index in [-0.39, 0.29) is 12.4 Å². The summed E-state index contributed by atoms with van der Waals surface area (Å²) in [4.78, 5) is 13.4. The summed E-state index contributed by atoms with van der Waals surface area (Å²) in [5.74, 6) is -1.25. The Hall–Kier alpha value is -0.770. The van der Waals surface area contributed by atoms with Gasteiger partial charge in [0.15, 0.2) is 0 Å². The lowest BCUT2D eigenvalue weighted by Crippen LogP contribution is -2.30. The van der Waals surface area contributed by atoms with Gasteiger partial charge in [-0.15, -0.1) is 12.4 Å². The standard InChI is InChI=1S/C13H16ClNO2.ClH/c1-15(11-6-7-11)8-12(13(16)17)9-2-4-10(14)5-3-9;/h2-5,11-12H,6-8H2,1H3,(H,16,17);1H/t12-;/m1./s1. The third kappa shape index (κ3) is 3.87. The van der Waals surface area contributed by atoms with Crippen LogP contribution in [-0.2, 0) is 4.79 Å². The second kappa shape index (κ2) is 6.41. The first-order chi connectivity index (χ1) is 8.08. The highest BCUT2D eigenvalue weighted by molar-refractivity contribution is 6.30. The zero-order valence-electron chi connectivity index (χ0n) is 10.2. The number of carboxylic acids is 1. The molecule has 1 aromatic rings. The highest BCUT2D eigenvalue weighted by Gasteiger charge is 2.30. The normalized spacial score (nSPS) is 16.2. The molecule has 1 N–H and O–H groups in total. The number of hydrogen-bond acceptors (Lipinski definition) is 2. The number of likely N-dealkylation sites (N-methyl/N-ethyl adjacent to an activating group) is 1. The molecule has 0 unspecified atom stereocenters. The van der Waals surface area contributed by atoms with Crippen LogP contribution in [0.3, 0.4) is 0 Å². The molecule has 1 aromatic carbocycles. The smallest absolute Gasteiger partial charge is 0.312 e. The summed E-state index contributed by atoms with van der Waals surface area (Å²) in [6.45, 7) is 0.557. The molecule has 1 atom stereocenters. The minimum absolute atomic E-state index is 0. The van der Waals surface area contributed by atoms with Gasteiger partial charge in [-0.05, 0) is 37.6 Å². The van der Waals surface area contributed by atoms with Crippen molar-refractivity contribution in [3.63, 3.8) is 0 Å². The van der Waals surface area contributed by atoms with Crippen LogP contribution in [0.4, 0.5) is 0 Å². The lowest BCUT2D eigenvalue weighted by Gasteiger charge is -2.21. The Morgan fingerprint density at radius 1 is 1.44 bits per heavy atom. The number of carboxylic acid groups (broad SMARTS) is 1. The van der Waals surface area contributed by atoms with Crippen LogP contribution in [0, 0.1) is 0 Å². The molecule has 1 saturated carbocycles. The molecular formula is C13H17Cl2NO2. The topological polar surface area (TPSA) is 40.5 Å². The molecule has 5 heteroatoms. The maximum Gasteiger partial charge on any atom is 0.312 e. The fraction of sp³-hybridized carbons (Fsp3) is 0.462. The van der Waals surface area contributed by atoms with E-state index in [0.717, 1.165) is 5.56 Å². The Morgan fingerprint density at radius 2 is 2.00 bits per heavy atom. The predicted molar refractivity (Wildman–Crippen MR) is 74.7 cm³/mol. The molecule has 100 valence electrons. The molecule has 0 heterocycles. The summed E-state index contributed by atoms with van der Waals surface area (Å²) in [6, 6.07) is 7.64. The number of hydrogen-bond donors (Lipinski definition) is 1. The number of aliphatic carboxylic acids is 1. The van der Waals surface area contributed by atoms with E-state index in [0.29, 0.717) is 17.6 Å². The van der Waals surface area contributed by atoms with Crippen LogP contribution in [0.25, 0.3) is 0 Å². The van der Waals surface area contributed by atoms with E-state index in [2.05, 4.69) is 4.90 Å². The summed E-state index contributed by atoms with van der Waals surface area (Å²) in [5, 5.41) is 9.92. The molecule has 18 heavy (non-hydrogen) atoms. The fourth-order valence-corrected chi connectivity index (χ4v) is 2.10. The molecule has 2 rings (SSSR count). The van der Waals surface area contributed by atoms with Gasteiger partial charge in [0.05, 0.1) is 5.92 Å². The lowest BCUT2D eigenvalue weighted by atomic mass is 9.99. The van der Waals surface area contributed by atoms with Crippen molar-refractivity contribution >= 4 is 30.0 Å². The van der Waals surface area contributed by atoms with E-state index in [1.165, 1.54) is 12.8 Å². The fourth-order valence-electron chi connectivity index (χ4n) is 1.97. The Bertz CT molecular complexity index is 404. The molecule has 0 aromatic heterocycles. The Morgan fingerprint density at radius 3 is 2.44 bits per heavy atom. The number of nitrogens with zero attached hydrogens (tertiary/aromatic N) is 1. The van der Waals surface area contributed by atoms with Crippen molar-refractivity contribution in [1.82, 2.24) is 4.90 Å². The second-order valence-corrected chi connectivity index (χ2v) is 5.05. The maximum atomic E-state index is 11.3. The van der Waals surface area contributed by atoms with E-state index >= 15 is 0 Å². The third-order valence-corrected chi connectivity index (χ3v) is 3.46. The van der Waals surface area contributed by atoms with Gasteiger partial charge in [0.1, 0.15) is 0 Å². The van der Waals surface area contributed by atoms with Gasteiger partial charge in [-0.1, -0.05) is 23.7 Å². The summed E-state index contributed by atoms with van der Waals surface area (Å²) in [6.07, 6.45) is 2.37. The van der Waals surface area contributed by atoms with Crippen LogP contribution in [0.1, 0.15) is 24.3 Å². The van der Waals surface area contributed by atoms with E-state index in [4.69, 9.17) is 11.6 Å². The van der Waals surface area contributed by atoms with Crippen molar-refractivity contribution in [2.24, 2.45) is 0 Å². The van der Waals surface area contributed by atoms with Crippen molar-refractivity contribution < 1.29 is 9.90 Å². The van der Waals surface area contributed by atoms with E-state index < -0.39 is 11.9 Å². The SMILES string of the molecule is CN(C[C@@H](C(=O)O)c1ccc(Cl)cc1)C1CC1.Cl. The summed E-state index contributed by atoms with van der Waals surface area (Å²) < 4.78 is 0. The molecule has 0 amide bonds. The van der Waals surface area contributed by atoms with Crippen molar-refractivity contribution in [2.75, 3.05) is 13.6 Å². The number of carbonyl (C=O) groups is 1. The van der Waals surface area contributed by atoms with Gasteiger partial charge in [0.25, 0.3) is 0 Å². The van der Waals surface area contributed by atoms with Crippen LogP contribution in [0.2, 0.25) is 5.02 Å². The minimum atomic E-state index is -0.778. The highest BCUT2D eigenvalue weighted by atomic mass is 35.5. The summed E-state index contributed by atoms with van der Waals surface area (Å²) in [7, 11) is 1.99. The first kappa shape index (κ1) is 15.3. The van der Waals surface area contributed by atoms with Crippen molar-refractivity contribution in [1.29, 1.82) is 0 Å². The molecular weight excluding hydrogens is 273 g/mol. The molecule has 0 radical (unpaired) electrons. The lowest BCUT2D eigenvalue weighted by molar-refractivity contribution is -0.139. The van der Waals surface area contributed by atoms with E-state index in [1.807, 2.05) is 7.05 Å². The Balaban J connectivity index is 0.00000162. The zero-order valence-corrected chi connectivity index (χ0v) is 11.7. The van der Waals surface area contributed by atoms with Crippen LogP contribution in [0.15, 0.2) is 24.3 Å². The molecule has 0 bridgehead atoms. The maximum absolute atomic E-state index is 11.3. The first-order valence-electron chi connectivity index (χ1n) is 5.76. The molecule has 1 aliphatic carbocycles. The largest absolute Gasteiger partial charge is 0.481 e. The first-order valence-corrected chi connectivity index (χ1v) is 6.14. The molecule has 0 saturated heterocycles. The average Bonchev–Trinajstić information content (AvgIpc) is 3.10. The van der Waals surface area contributed by atoms with Crippen LogP contribution in [0.5, 0.6) is 0 Å². The molecule has 3 nitrogen and oxygen atoms in total. The molecule has 0 spiro atoms. The Labute approximate surface area is 118 Å². The quantitative estimate of drug-likeness (QED) is 0.906. The third-order valence-electron chi connectivity index (χ3n) is 3.21. The van der Waals surface area contributed by atoms with Gasteiger partial charge in [0.2, 0.25) is 0 Å². The zero-order chi connectivity index (χ0) is 12.4. The van der Waals surface area contributed by atoms with Gasteiger partial charge < -0.3 is 10.0 Å². The molecule has 1 aliphatic rings. The molecule has 1 fully saturated rings. The minimum Gasteiger partial charge on any atom is -0.481 e. The van der Waals surface area contributed by atoms with Crippen LogP contribution >= 0.6 is 24.0 Å². The predicted octanol–water partition coefficient (Wildman–Crippen LogP) is 3.02. The summed E-state index contributed by atoms with van der Waals surface area (Å²) in [5.41, 5.74) is 0.814. The van der Waals surface area contributed by atoms with Gasteiger partial charge >= 0.3 is 5.97 Å². The van der Waals surface area contributed by atoms with Gasteiger partial charge in [-0.2, -0.15) is 0 Å². The number of rotatable bonds is 5. The van der Waals surface area contributed by atoms with Gasteiger partial charge in [-0.3, -0.25) is 4.79 Å². The number of benzene rings is 1. The van der Waals surface area contributed by atoms with Gasteiger partial charge in [-0.25, -0.2) is 0 Å².